The lowest BCUT2D eigenvalue weighted by Crippen LogP contribution is -2.42. The van der Waals surface area contributed by atoms with Crippen molar-refractivity contribution in [3.8, 4) is 0 Å². The maximum absolute atomic E-state index is 2.69. The summed E-state index contributed by atoms with van der Waals surface area (Å²) in [6.45, 7) is 12.1. The van der Waals surface area contributed by atoms with E-state index in [1.165, 1.54) is 37.9 Å². The Hall–Kier alpha value is -0.820. The van der Waals surface area contributed by atoms with Crippen molar-refractivity contribution in [2.24, 2.45) is 5.92 Å². The van der Waals surface area contributed by atoms with Crippen molar-refractivity contribution in [1.82, 2.24) is 4.90 Å². The molecule has 1 atom stereocenters. The van der Waals surface area contributed by atoms with Gasteiger partial charge in [0.05, 0.1) is 0 Å². The molecule has 0 radical (unpaired) electrons. The molecule has 1 aromatic carbocycles. The molecule has 1 unspecified atom stereocenters. The van der Waals surface area contributed by atoms with Crippen LogP contribution in [0.2, 0.25) is 0 Å². The van der Waals surface area contributed by atoms with E-state index in [0.717, 1.165) is 5.92 Å². The molecule has 1 aliphatic heterocycles. The number of benzene rings is 1. The van der Waals surface area contributed by atoms with Crippen molar-refractivity contribution in [1.29, 1.82) is 0 Å². The number of piperidine rings is 1. The average Bonchev–Trinajstić information content (AvgIpc) is 2.40. The van der Waals surface area contributed by atoms with E-state index in [1.807, 2.05) is 0 Å². The summed E-state index contributed by atoms with van der Waals surface area (Å²) in [6, 6.07) is 11.6. The van der Waals surface area contributed by atoms with Crippen LogP contribution in [0.3, 0.4) is 0 Å². The van der Waals surface area contributed by atoms with E-state index in [4.69, 9.17) is 0 Å². The van der Waals surface area contributed by atoms with E-state index in [-0.39, 0.29) is 5.41 Å². The summed E-state index contributed by atoms with van der Waals surface area (Å²) >= 11 is 0. The van der Waals surface area contributed by atoms with E-state index in [1.54, 1.807) is 0 Å². The van der Waals surface area contributed by atoms with Gasteiger partial charge in [-0.1, -0.05) is 51.1 Å². The summed E-state index contributed by atoms with van der Waals surface area (Å²) in [7, 11) is 0. The maximum Gasteiger partial charge on any atom is 0.00752 e. The minimum absolute atomic E-state index is 0.268. The summed E-state index contributed by atoms with van der Waals surface area (Å²) in [5.74, 6) is 0.922. The second-order valence-electron chi connectivity index (χ2n) is 7.02. The monoisotopic (exact) mass is 259 g/mol. The van der Waals surface area contributed by atoms with Crippen LogP contribution in [0.25, 0.3) is 0 Å². The van der Waals surface area contributed by atoms with Crippen molar-refractivity contribution in [3.63, 3.8) is 0 Å². The molecule has 1 aromatic rings. The molecule has 106 valence electrons. The van der Waals surface area contributed by atoms with Crippen molar-refractivity contribution < 1.29 is 0 Å². The largest absolute Gasteiger partial charge is 0.301 e. The SMILES string of the molecule is CC1CCN(C(C)CC(C)(C)c2ccccc2)CC1. The Morgan fingerprint density at radius 3 is 2.32 bits per heavy atom. The van der Waals surface area contributed by atoms with Gasteiger partial charge in [0.2, 0.25) is 0 Å². The molecule has 1 aliphatic rings. The van der Waals surface area contributed by atoms with Gasteiger partial charge in [-0.05, 0) is 56.2 Å². The third-order valence-electron chi connectivity index (χ3n) is 4.80. The van der Waals surface area contributed by atoms with Gasteiger partial charge in [-0.3, -0.25) is 0 Å². The van der Waals surface area contributed by atoms with Crippen molar-refractivity contribution in [2.75, 3.05) is 13.1 Å². The standard InChI is InChI=1S/C18H29N/c1-15-10-12-19(13-11-15)16(2)14-18(3,4)17-8-6-5-7-9-17/h5-9,15-16H,10-14H2,1-4H3. The van der Waals surface area contributed by atoms with Gasteiger partial charge in [0.1, 0.15) is 0 Å². The molecule has 0 saturated carbocycles. The molecule has 0 spiro atoms. The fourth-order valence-corrected chi connectivity index (χ4v) is 3.34. The number of hydrogen-bond donors (Lipinski definition) is 0. The van der Waals surface area contributed by atoms with E-state index < -0.39 is 0 Å². The molecule has 1 saturated heterocycles. The molecule has 1 nitrogen and oxygen atoms in total. The number of likely N-dealkylation sites (tertiary alicyclic amines) is 1. The van der Waals surface area contributed by atoms with E-state index >= 15 is 0 Å². The van der Waals surface area contributed by atoms with Gasteiger partial charge < -0.3 is 4.90 Å². The molecule has 0 bridgehead atoms. The second kappa shape index (κ2) is 6.09. The van der Waals surface area contributed by atoms with E-state index in [2.05, 4.69) is 62.9 Å². The van der Waals surface area contributed by atoms with Gasteiger partial charge in [0, 0.05) is 6.04 Å². The molecule has 1 fully saturated rings. The highest BCUT2D eigenvalue weighted by molar-refractivity contribution is 5.23. The first kappa shape index (κ1) is 14.6. The van der Waals surface area contributed by atoms with Gasteiger partial charge >= 0.3 is 0 Å². The summed E-state index contributed by atoms with van der Waals surface area (Å²) in [4.78, 5) is 2.69. The summed E-state index contributed by atoms with van der Waals surface area (Å²) in [5, 5.41) is 0. The fourth-order valence-electron chi connectivity index (χ4n) is 3.34. The summed E-state index contributed by atoms with van der Waals surface area (Å²) < 4.78 is 0. The second-order valence-corrected chi connectivity index (χ2v) is 7.02. The Kier molecular flexibility index (Phi) is 4.67. The minimum Gasteiger partial charge on any atom is -0.301 e. The van der Waals surface area contributed by atoms with Crippen LogP contribution in [-0.4, -0.2) is 24.0 Å². The molecule has 0 N–H and O–H groups in total. The zero-order chi connectivity index (χ0) is 13.9. The van der Waals surface area contributed by atoms with Gasteiger partial charge in [0.25, 0.3) is 0 Å². The Morgan fingerprint density at radius 1 is 1.16 bits per heavy atom. The van der Waals surface area contributed by atoms with Crippen molar-refractivity contribution in [3.05, 3.63) is 35.9 Å². The predicted octanol–water partition coefficient (Wildman–Crippen LogP) is 4.47. The Bertz CT molecular complexity index is 374. The average molecular weight is 259 g/mol. The molecular formula is C18H29N. The van der Waals surface area contributed by atoms with E-state index in [0.29, 0.717) is 6.04 Å². The van der Waals surface area contributed by atoms with Crippen LogP contribution >= 0.6 is 0 Å². The van der Waals surface area contributed by atoms with Crippen molar-refractivity contribution in [2.45, 2.75) is 58.4 Å². The van der Waals surface area contributed by atoms with Crippen LogP contribution in [0.15, 0.2) is 30.3 Å². The Labute approximate surface area is 119 Å². The molecule has 0 aliphatic carbocycles. The van der Waals surface area contributed by atoms with Crippen LogP contribution in [0.4, 0.5) is 0 Å². The van der Waals surface area contributed by atoms with Crippen molar-refractivity contribution >= 4 is 0 Å². The quantitative estimate of drug-likeness (QED) is 0.771. The lowest BCUT2D eigenvalue weighted by Gasteiger charge is -2.38. The summed E-state index contributed by atoms with van der Waals surface area (Å²) in [5.41, 5.74) is 1.73. The number of rotatable bonds is 4. The third-order valence-corrected chi connectivity index (χ3v) is 4.80. The van der Waals surface area contributed by atoms with Gasteiger partial charge in [-0.2, -0.15) is 0 Å². The summed E-state index contributed by atoms with van der Waals surface area (Å²) in [6.07, 6.45) is 3.98. The molecule has 19 heavy (non-hydrogen) atoms. The predicted molar refractivity (Wildman–Crippen MR) is 83.5 cm³/mol. The van der Waals surface area contributed by atoms with Crippen LogP contribution in [0.1, 0.15) is 52.5 Å². The highest BCUT2D eigenvalue weighted by Gasteiger charge is 2.27. The zero-order valence-corrected chi connectivity index (χ0v) is 13.0. The zero-order valence-electron chi connectivity index (χ0n) is 13.0. The first-order chi connectivity index (χ1) is 8.99. The molecule has 1 heterocycles. The lowest BCUT2D eigenvalue weighted by molar-refractivity contribution is 0.127. The van der Waals surface area contributed by atoms with Crippen LogP contribution in [0.5, 0.6) is 0 Å². The maximum atomic E-state index is 2.69. The Balaban J connectivity index is 1.96. The van der Waals surface area contributed by atoms with Crippen LogP contribution in [-0.2, 0) is 5.41 Å². The lowest BCUT2D eigenvalue weighted by atomic mass is 9.79. The first-order valence-corrected chi connectivity index (χ1v) is 7.78. The number of hydrogen-bond acceptors (Lipinski definition) is 1. The minimum atomic E-state index is 0.268. The Morgan fingerprint density at radius 2 is 1.74 bits per heavy atom. The topological polar surface area (TPSA) is 3.24 Å². The molecule has 1 heteroatoms. The molecule has 2 rings (SSSR count). The third kappa shape index (κ3) is 3.82. The van der Waals surface area contributed by atoms with Gasteiger partial charge in [-0.25, -0.2) is 0 Å². The van der Waals surface area contributed by atoms with Crippen LogP contribution in [0, 0.1) is 5.92 Å². The molecule has 0 amide bonds. The van der Waals surface area contributed by atoms with Gasteiger partial charge in [-0.15, -0.1) is 0 Å². The first-order valence-electron chi connectivity index (χ1n) is 7.78. The highest BCUT2D eigenvalue weighted by Crippen LogP contribution is 2.31. The fraction of sp³-hybridized carbons (Fsp3) is 0.667. The normalized spacial score (nSPS) is 20.4. The van der Waals surface area contributed by atoms with Crippen LogP contribution < -0.4 is 0 Å². The number of nitrogens with zero attached hydrogens (tertiary/aromatic N) is 1. The highest BCUT2D eigenvalue weighted by atomic mass is 15.2. The van der Waals surface area contributed by atoms with Gasteiger partial charge in [0.15, 0.2) is 0 Å². The van der Waals surface area contributed by atoms with E-state index in [9.17, 15) is 0 Å². The molecule has 0 aromatic heterocycles. The molecular weight excluding hydrogens is 230 g/mol. The smallest absolute Gasteiger partial charge is 0.00752 e.